The van der Waals surface area contributed by atoms with Gasteiger partial charge < -0.3 is 16.3 Å². The second-order valence-corrected chi connectivity index (χ2v) is 5.49. The summed E-state index contributed by atoms with van der Waals surface area (Å²) in [4.78, 5) is 16.2. The van der Waals surface area contributed by atoms with Crippen LogP contribution < -0.4 is 11.1 Å². The van der Waals surface area contributed by atoms with Crippen LogP contribution in [0.15, 0.2) is 23.5 Å². The molecule has 1 aromatic heterocycles. The number of carbonyl (C=O) groups is 1. The van der Waals surface area contributed by atoms with Crippen LogP contribution >= 0.6 is 0 Å². The molecule has 1 aromatic rings. The molecule has 2 rings (SSSR count). The Morgan fingerprint density at radius 2 is 2.10 bits per heavy atom. The van der Waals surface area contributed by atoms with Crippen molar-refractivity contribution in [3.05, 3.63) is 29.6 Å². The average molecular weight is 276 g/mol. The van der Waals surface area contributed by atoms with E-state index < -0.39 is 0 Å². The fourth-order valence-corrected chi connectivity index (χ4v) is 2.53. The number of nitrogens with one attached hydrogen (secondary N) is 1. The predicted molar refractivity (Wildman–Crippen MR) is 75.7 cm³/mol. The number of amides is 1. The summed E-state index contributed by atoms with van der Waals surface area (Å²) >= 11 is 0. The van der Waals surface area contributed by atoms with Gasteiger partial charge in [-0.05, 0) is 31.9 Å². The summed E-state index contributed by atoms with van der Waals surface area (Å²) in [6, 6.07) is 3.19. The van der Waals surface area contributed by atoms with Crippen LogP contribution in [0.1, 0.15) is 55.1 Å². The molecule has 0 bridgehead atoms. The Morgan fingerprint density at radius 3 is 2.65 bits per heavy atom. The SMILES string of the molecule is CC1(NC(=O)c2ccc(C(N)=NO)cn2)CCCCC1. The van der Waals surface area contributed by atoms with Crippen molar-refractivity contribution in [1.82, 2.24) is 10.3 Å². The van der Waals surface area contributed by atoms with Crippen molar-refractivity contribution in [2.75, 3.05) is 0 Å². The topological polar surface area (TPSA) is 101 Å². The highest BCUT2D eigenvalue weighted by molar-refractivity contribution is 5.98. The highest BCUT2D eigenvalue weighted by Gasteiger charge is 2.28. The van der Waals surface area contributed by atoms with Crippen LogP contribution in [0.3, 0.4) is 0 Å². The van der Waals surface area contributed by atoms with E-state index in [2.05, 4.69) is 22.4 Å². The van der Waals surface area contributed by atoms with Gasteiger partial charge in [-0.2, -0.15) is 0 Å². The number of oxime groups is 1. The van der Waals surface area contributed by atoms with Crippen molar-refractivity contribution < 1.29 is 10.0 Å². The Kier molecular flexibility index (Phi) is 4.22. The van der Waals surface area contributed by atoms with Gasteiger partial charge >= 0.3 is 0 Å². The lowest BCUT2D eigenvalue weighted by atomic mass is 9.83. The van der Waals surface area contributed by atoms with E-state index in [0.717, 1.165) is 25.7 Å². The fourth-order valence-electron chi connectivity index (χ4n) is 2.53. The lowest BCUT2D eigenvalue weighted by Gasteiger charge is -2.34. The van der Waals surface area contributed by atoms with Crippen molar-refractivity contribution in [3.8, 4) is 0 Å². The van der Waals surface area contributed by atoms with Crippen LogP contribution in [0.4, 0.5) is 0 Å². The zero-order valence-corrected chi connectivity index (χ0v) is 11.6. The molecule has 1 aliphatic carbocycles. The molecule has 0 aromatic carbocycles. The number of pyridine rings is 1. The smallest absolute Gasteiger partial charge is 0.270 e. The maximum Gasteiger partial charge on any atom is 0.270 e. The van der Waals surface area contributed by atoms with Gasteiger partial charge in [0.05, 0.1) is 0 Å². The molecule has 0 saturated heterocycles. The van der Waals surface area contributed by atoms with E-state index in [1.165, 1.54) is 12.6 Å². The summed E-state index contributed by atoms with van der Waals surface area (Å²) in [5.74, 6) is -0.204. The van der Waals surface area contributed by atoms with E-state index in [-0.39, 0.29) is 17.3 Å². The lowest BCUT2D eigenvalue weighted by Crippen LogP contribution is -2.47. The van der Waals surface area contributed by atoms with Crippen molar-refractivity contribution in [1.29, 1.82) is 0 Å². The van der Waals surface area contributed by atoms with Crippen LogP contribution in [0.5, 0.6) is 0 Å². The van der Waals surface area contributed by atoms with Crippen molar-refractivity contribution in [2.45, 2.75) is 44.6 Å². The van der Waals surface area contributed by atoms with Gasteiger partial charge in [0, 0.05) is 17.3 Å². The molecular weight excluding hydrogens is 256 g/mol. The molecule has 1 heterocycles. The Labute approximate surface area is 118 Å². The maximum absolute atomic E-state index is 12.2. The Morgan fingerprint density at radius 1 is 1.40 bits per heavy atom. The predicted octanol–water partition coefficient (Wildman–Crippen LogP) is 1.63. The number of nitrogens with zero attached hydrogens (tertiary/aromatic N) is 2. The third-order valence-electron chi connectivity index (χ3n) is 3.77. The maximum atomic E-state index is 12.2. The molecule has 0 aliphatic heterocycles. The first-order valence-electron chi connectivity index (χ1n) is 6.80. The van der Waals surface area contributed by atoms with E-state index >= 15 is 0 Å². The van der Waals surface area contributed by atoms with Crippen molar-refractivity contribution in [2.24, 2.45) is 10.9 Å². The number of aromatic nitrogens is 1. The Balaban J connectivity index is 2.05. The molecule has 0 radical (unpaired) electrons. The van der Waals surface area contributed by atoms with Crippen LogP contribution in [0, 0.1) is 0 Å². The number of hydrogen-bond donors (Lipinski definition) is 3. The summed E-state index contributed by atoms with van der Waals surface area (Å²) in [5.41, 5.74) is 6.13. The number of nitrogens with two attached hydrogens (primary N) is 1. The molecule has 6 nitrogen and oxygen atoms in total. The van der Waals surface area contributed by atoms with Gasteiger partial charge in [-0.3, -0.25) is 9.78 Å². The number of carbonyl (C=O) groups excluding carboxylic acids is 1. The minimum Gasteiger partial charge on any atom is -0.409 e. The fraction of sp³-hybridized carbons (Fsp3) is 0.500. The van der Waals surface area contributed by atoms with E-state index in [1.807, 2.05) is 0 Å². The van der Waals surface area contributed by atoms with Crippen molar-refractivity contribution >= 4 is 11.7 Å². The van der Waals surface area contributed by atoms with Crippen molar-refractivity contribution in [3.63, 3.8) is 0 Å². The first kappa shape index (κ1) is 14.3. The second kappa shape index (κ2) is 5.90. The standard InChI is InChI=1S/C14H20N4O2/c1-14(7-3-2-4-8-14)17-13(19)11-6-5-10(9-16-11)12(15)18-20/h5-6,9,20H,2-4,7-8H2,1H3,(H2,15,18)(H,17,19). The monoisotopic (exact) mass is 276 g/mol. The molecule has 1 fully saturated rings. The number of amidine groups is 1. The number of rotatable bonds is 3. The van der Waals surface area contributed by atoms with Gasteiger partial charge in [0.1, 0.15) is 5.69 Å². The highest BCUT2D eigenvalue weighted by Crippen LogP contribution is 2.27. The molecule has 0 spiro atoms. The summed E-state index contributed by atoms with van der Waals surface area (Å²) in [6.45, 7) is 2.08. The minimum atomic E-state index is -0.180. The van der Waals surface area contributed by atoms with E-state index in [4.69, 9.17) is 10.9 Å². The average Bonchev–Trinajstić information content (AvgIpc) is 2.47. The van der Waals surface area contributed by atoms with Gasteiger partial charge in [0.15, 0.2) is 5.84 Å². The molecule has 1 aliphatic rings. The normalized spacial score (nSPS) is 18.6. The molecule has 1 amide bonds. The Bertz CT molecular complexity index is 504. The van der Waals surface area contributed by atoms with Gasteiger partial charge in [-0.15, -0.1) is 0 Å². The summed E-state index contributed by atoms with van der Waals surface area (Å²) < 4.78 is 0. The molecule has 20 heavy (non-hydrogen) atoms. The van der Waals surface area contributed by atoms with Gasteiger partial charge in [-0.1, -0.05) is 24.4 Å². The first-order chi connectivity index (χ1) is 9.54. The van der Waals surface area contributed by atoms with E-state index in [9.17, 15) is 4.79 Å². The third-order valence-corrected chi connectivity index (χ3v) is 3.77. The second-order valence-electron chi connectivity index (χ2n) is 5.49. The quantitative estimate of drug-likeness (QED) is 0.338. The van der Waals surface area contributed by atoms with Crippen LogP contribution in [-0.4, -0.2) is 27.5 Å². The van der Waals surface area contributed by atoms with Crippen LogP contribution in [0.2, 0.25) is 0 Å². The molecule has 6 heteroatoms. The largest absolute Gasteiger partial charge is 0.409 e. The zero-order chi connectivity index (χ0) is 14.6. The number of hydrogen-bond acceptors (Lipinski definition) is 4. The highest BCUT2D eigenvalue weighted by atomic mass is 16.4. The first-order valence-corrected chi connectivity index (χ1v) is 6.80. The van der Waals surface area contributed by atoms with Crippen LogP contribution in [-0.2, 0) is 0 Å². The Hall–Kier alpha value is -2.11. The third kappa shape index (κ3) is 3.26. The lowest BCUT2D eigenvalue weighted by molar-refractivity contribution is 0.0877. The molecule has 4 N–H and O–H groups in total. The van der Waals surface area contributed by atoms with Gasteiger partial charge in [-0.25, -0.2) is 0 Å². The molecule has 0 atom stereocenters. The van der Waals surface area contributed by atoms with Crippen LogP contribution in [0.25, 0.3) is 0 Å². The zero-order valence-electron chi connectivity index (χ0n) is 11.6. The summed E-state index contributed by atoms with van der Waals surface area (Å²) in [6.07, 6.45) is 6.95. The summed E-state index contributed by atoms with van der Waals surface area (Å²) in [7, 11) is 0. The van der Waals surface area contributed by atoms with Gasteiger partial charge in [0.25, 0.3) is 5.91 Å². The molecule has 1 saturated carbocycles. The van der Waals surface area contributed by atoms with E-state index in [1.54, 1.807) is 12.1 Å². The van der Waals surface area contributed by atoms with E-state index in [0.29, 0.717) is 11.3 Å². The minimum absolute atomic E-state index is 0.0244. The molecular formula is C14H20N4O2. The molecule has 0 unspecified atom stereocenters. The van der Waals surface area contributed by atoms with Gasteiger partial charge in [0.2, 0.25) is 0 Å². The summed E-state index contributed by atoms with van der Waals surface area (Å²) in [5, 5.41) is 14.5. The molecule has 108 valence electrons.